The lowest BCUT2D eigenvalue weighted by atomic mass is 10.1. The molecule has 2 aromatic rings. The molecule has 0 saturated carbocycles. The van der Waals surface area contributed by atoms with Crippen LogP contribution in [0.2, 0.25) is 5.02 Å². The Hall–Kier alpha value is -2.49. The number of ether oxygens (including phenoxy) is 1. The van der Waals surface area contributed by atoms with E-state index in [1.807, 2.05) is 18.5 Å². The normalized spacial score (nSPS) is 14.4. The zero-order chi connectivity index (χ0) is 22.2. The van der Waals surface area contributed by atoms with Gasteiger partial charge < -0.3 is 31.1 Å². The second kappa shape index (κ2) is 11.2. The molecule has 0 aliphatic carbocycles. The molecule has 9 nitrogen and oxygen atoms in total. The minimum Gasteiger partial charge on any atom is -0.506 e. The maximum Gasteiger partial charge on any atom is 0.271 e. The van der Waals surface area contributed by atoms with Crippen molar-refractivity contribution >= 4 is 29.3 Å². The van der Waals surface area contributed by atoms with Crippen molar-refractivity contribution in [3.8, 4) is 5.75 Å². The van der Waals surface area contributed by atoms with Gasteiger partial charge in [-0.25, -0.2) is 0 Å². The van der Waals surface area contributed by atoms with Crippen LogP contribution >= 0.6 is 11.6 Å². The van der Waals surface area contributed by atoms with Crippen LogP contribution in [-0.2, 0) is 11.3 Å². The summed E-state index contributed by atoms with van der Waals surface area (Å²) in [7, 11) is 1.87. The first kappa shape index (κ1) is 23.2. The lowest BCUT2D eigenvalue weighted by molar-refractivity contribution is 0.0901. The van der Waals surface area contributed by atoms with Crippen LogP contribution in [-0.4, -0.2) is 66.5 Å². The number of anilines is 2. The second-order valence-corrected chi connectivity index (χ2v) is 7.83. The Morgan fingerprint density at radius 1 is 1.32 bits per heavy atom. The first-order valence-electron chi connectivity index (χ1n) is 10.6. The lowest BCUT2D eigenvalue weighted by Crippen LogP contribution is -2.30. The molecule has 170 valence electrons. The SMILES string of the molecule is CCNC(=O)c1c(NCCNC)nc(NC2CCOCC2)n1Cc1ccc(O)c(Cl)c1. The number of hydrogen-bond donors (Lipinski definition) is 5. The van der Waals surface area contributed by atoms with E-state index in [4.69, 9.17) is 21.3 Å². The number of nitrogens with one attached hydrogen (secondary N) is 4. The minimum absolute atomic E-state index is 0.0231. The summed E-state index contributed by atoms with van der Waals surface area (Å²) in [6.07, 6.45) is 1.74. The molecule has 1 aliphatic heterocycles. The van der Waals surface area contributed by atoms with Crippen LogP contribution in [0.5, 0.6) is 5.75 Å². The predicted octanol–water partition coefficient (Wildman–Crippen LogP) is 2.26. The third-order valence-electron chi connectivity index (χ3n) is 5.09. The highest BCUT2D eigenvalue weighted by Crippen LogP contribution is 2.28. The fourth-order valence-corrected chi connectivity index (χ4v) is 3.68. The molecule has 1 amide bonds. The number of likely N-dealkylation sites (N-methyl/N-ethyl adjacent to an activating group) is 1. The number of amides is 1. The maximum atomic E-state index is 13.0. The topological polar surface area (TPSA) is 112 Å². The fraction of sp³-hybridized carbons (Fsp3) is 0.524. The molecule has 0 radical (unpaired) electrons. The number of nitrogens with zero attached hydrogens (tertiary/aromatic N) is 2. The number of halogens is 1. The molecular weight excluding hydrogens is 420 g/mol. The fourth-order valence-electron chi connectivity index (χ4n) is 3.48. The van der Waals surface area contributed by atoms with E-state index in [2.05, 4.69) is 21.3 Å². The average Bonchev–Trinajstić information content (AvgIpc) is 3.08. The van der Waals surface area contributed by atoms with Gasteiger partial charge in [0.15, 0.2) is 11.5 Å². The van der Waals surface area contributed by atoms with Crippen molar-refractivity contribution in [3.63, 3.8) is 0 Å². The van der Waals surface area contributed by atoms with Crippen molar-refractivity contribution in [1.29, 1.82) is 0 Å². The first-order valence-corrected chi connectivity index (χ1v) is 11.0. The highest BCUT2D eigenvalue weighted by Gasteiger charge is 2.25. The number of phenolic OH excluding ortho intramolecular Hbond substituents is 1. The van der Waals surface area contributed by atoms with Gasteiger partial charge >= 0.3 is 0 Å². The van der Waals surface area contributed by atoms with Crippen molar-refractivity contribution in [2.24, 2.45) is 0 Å². The van der Waals surface area contributed by atoms with Crippen LogP contribution in [0.1, 0.15) is 35.8 Å². The molecule has 0 spiro atoms. The Morgan fingerprint density at radius 3 is 2.77 bits per heavy atom. The van der Waals surface area contributed by atoms with Crippen LogP contribution in [0.3, 0.4) is 0 Å². The number of aromatic hydroxyl groups is 1. The summed E-state index contributed by atoms with van der Waals surface area (Å²) in [4.78, 5) is 17.7. The number of rotatable bonds is 10. The van der Waals surface area contributed by atoms with Crippen LogP contribution in [0, 0.1) is 0 Å². The quantitative estimate of drug-likeness (QED) is 0.353. The van der Waals surface area contributed by atoms with Gasteiger partial charge in [-0.05, 0) is 44.5 Å². The molecule has 1 saturated heterocycles. The van der Waals surface area contributed by atoms with Crippen molar-refractivity contribution in [1.82, 2.24) is 20.2 Å². The van der Waals surface area contributed by atoms with Gasteiger partial charge in [0, 0.05) is 38.9 Å². The molecule has 0 bridgehead atoms. The van der Waals surface area contributed by atoms with Crippen LogP contribution in [0.15, 0.2) is 18.2 Å². The third kappa shape index (κ3) is 6.03. The Labute approximate surface area is 187 Å². The van der Waals surface area contributed by atoms with E-state index >= 15 is 0 Å². The molecule has 1 aromatic heterocycles. The summed E-state index contributed by atoms with van der Waals surface area (Å²) < 4.78 is 7.33. The predicted molar refractivity (Wildman–Crippen MR) is 122 cm³/mol. The highest BCUT2D eigenvalue weighted by molar-refractivity contribution is 6.32. The molecule has 1 aromatic carbocycles. The summed E-state index contributed by atoms with van der Waals surface area (Å²) in [5, 5.41) is 22.8. The summed E-state index contributed by atoms with van der Waals surface area (Å²) in [5.41, 5.74) is 1.30. The third-order valence-corrected chi connectivity index (χ3v) is 5.40. The summed E-state index contributed by atoms with van der Waals surface area (Å²) in [6.45, 7) is 5.52. The number of aromatic nitrogens is 2. The van der Waals surface area contributed by atoms with Gasteiger partial charge in [-0.1, -0.05) is 17.7 Å². The largest absolute Gasteiger partial charge is 0.506 e. The highest BCUT2D eigenvalue weighted by atomic mass is 35.5. The van der Waals surface area contributed by atoms with Crippen LogP contribution < -0.4 is 21.3 Å². The van der Waals surface area contributed by atoms with E-state index in [9.17, 15) is 9.90 Å². The van der Waals surface area contributed by atoms with E-state index in [0.29, 0.717) is 50.3 Å². The number of carbonyl (C=O) groups excluding carboxylic acids is 1. The van der Waals surface area contributed by atoms with Gasteiger partial charge in [0.05, 0.1) is 11.6 Å². The molecule has 1 fully saturated rings. The average molecular weight is 451 g/mol. The summed E-state index contributed by atoms with van der Waals surface area (Å²) in [6, 6.07) is 5.25. The van der Waals surface area contributed by atoms with Gasteiger partial charge in [0.25, 0.3) is 5.91 Å². The van der Waals surface area contributed by atoms with Crippen LogP contribution in [0.4, 0.5) is 11.8 Å². The number of phenols is 1. The number of hydrogen-bond acceptors (Lipinski definition) is 7. The van der Waals surface area contributed by atoms with E-state index in [0.717, 1.165) is 24.9 Å². The van der Waals surface area contributed by atoms with Gasteiger partial charge in [0.1, 0.15) is 5.75 Å². The Bertz CT molecular complexity index is 882. The van der Waals surface area contributed by atoms with Crippen molar-refractivity contribution in [3.05, 3.63) is 34.5 Å². The van der Waals surface area contributed by atoms with E-state index < -0.39 is 0 Å². The summed E-state index contributed by atoms with van der Waals surface area (Å²) in [5.74, 6) is 0.965. The zero-order valence-corrected chi connectivity index (χ0v) is 18.8. The molecule has 10 heteroatoms. The van der Waals surface area contributed by atoms with E-state index in [1.54, 1.807) is 18.2 Å². The molecule has 5 N–H and O–H groups in total. The minimum atomic E-state index is -0.202. The Morgan fingerprint density at radius 2 is 2.10 bits per heavy atom. The second-order valence-electron chi connectivity index (χ2n) is 7.43. The molecule has 1 aliphatic rings. The number of benzene rings is 1. The van der Waals surface area contributed by atoms with E-state index in [1.165, 1.54) is 0 Å². The van der Waals surface area contributed by atoms with E-state index in [-0.39, 0.29) is 22.7 Å². The van der Waals surface area contributed by atoms with Crippen molar-refractivity contribution < 1.29 is 14.6 Å². The molecule has 31 heavy (non-hydrogen) atoms. The summed E-state index contributed by atoms with van der Waals surface area (Å²) >= 11 is 6.11. The maximum absolute atomic E-state index is 13.0. The lowest BCUT2D eigenvalue weighted by Gasteiger charge is -2.24. The van der Waals surface area contributed by atoms with Crippen LogP contribution in [0.25, 0.3) is 0 Å². The van der Waals surface area contributed by atoms with Crippen molar-refractivity contribution in [2.75, 3.05) is 50.5 Å². The standard InChI is InChI=1S/C21H31ClN6O3/c1-3-24-20(30)18-19(25-9-8-23-2)27-21(26-15-6-10-31-11-7-15)28(18)13-14-4-5-17(29)16(22)12-14/h4-5,12,15,23,25,29H,3,6-11,13H2,1-2H3,(H,24,30)(H,26,27). The monoisotopic (exact) mass is 450 g/mol. The molecule has 3 rings (SSSR count). The zero-order valence-electron chi connectivity index (χ0n) is 18.0. The van der Waals surface area contributed by atoms with Gasteiger partial charge in [-0.2, -0.15) is 4.98 Å². The van der Waals surface area contributed by atoms with Gasteiger partial charge in [-0.3, -0.25) is 9.36 Å². The number of imidazole rings is 1. The van der Waals surface area contributed by atoms with Crippen molar-refractivity contribution in [2.45, 2.75) is 32.4 Å². The Kier molecular flexibility index (Phi) is 8.39. The number of carbonyl (C=O) groups is 1. The molecule has 0 unspecified atom stereocenters. The smallest absolute Gasteiger partial charge is 0.271 e. The molecule has 0 atom stereocenters. The van der Waals surface area contributed by atoms with Gasteiger partial charge in [0.2, 0.25) is 5.95 Å². The molecular formula is C21H31ClN6O3. The molecule has 2 heterocycles. The first-order chi connectivity index (χ1) is 15.0. The van der Waals surface area contributed by atoms with Gasteiger partial charge in [-0.15, -0.1) is 0 Å². The Balaban J connectivity index is 1.99.